The Bertz CT molecular complexity index is 1380. The van der Waals surface area contributed by atoms with Gasteiger partial charge in [-0.25, -0.2) is 15.0 Å². The Morgan fingerprint density at radius 3 is 2.42 bits per heavy atom. The number of benzene rings is 2. The molecule has 186 valence electrons. The van der Waals surface area contributed by atoms with Gasteiger partial charge < -0.3 is 9.47 Å². The molecule has 0 bridgehead atoms. The number of carbonyl (C=O) groups is 1. The molecule has 0 aliphatic carbocycles. The molecule has 1 saturated heterocycles. The molecular formula is C27H26F3N5O. The molecular weight excluding hydrogens is 467 g/mol. The van der Waals surface area contributed by atoms with E-state index in [9.17, 15) is 18.0 Å². The molecule has 9 heteroatoms. The predicted molar refractivity (Wildman–Crippen MR) is 130 cm³/mol. The maximum atomic E-state index is 13.4. The van der Waals surface area contributed by atoms with E-state index in [4.69, 9.17) is 0 Å². The summed E-state index contributed by atoms with van der Waals surface area (Å²) < 4.78 is 42.2. The van der Waals surface area contributed by atoms with Crippen molar-refractivity contribution >= 4 is 16.9 Å². The predicted octanol–water partition coefficient (Wildman–Crippen LogP) is 5.62. The highest BCUT2D eigenvalue weighted by molar-refractivity contribution is 5.78. The van der Waals surface area contributed by atoms with Crippen LogP contribution in [0.2, 0.25) is 0 Å². The lowest BCUT2D eigenvalue weighted by Gasteiger charge is -2.32. The van der Waals surface area contributed by atoms with E-state index in [1.807, 2.05) is 66.1 Å². The Morgan fingerprint density at radius 2 is 1.69 bits per heavy atom. The minimum absolute atomic E-state index is 0.0348. The molecule has 0 atom stereocenters. The number of fused-ring (bicyclic) bond motifs is 1. The van der Waals surface area contributed by atoms with Crippen LogP contribution in [0.3, 0.4) is 0 Å². The molecule has 0 saturated carbocycles. The summed E-state index contributed by atoms with van der Waals surface area (Å²) in [7, 11) is 0. The van der Waals surface area contributed by atoms with Crippen molar-refractivity contribution in [1.29, 1.82) is 0 Å². The third kappa shape index (κ3) is 4.82. The third-order valence-electron chi connectivity index (χ3n) is 6.79. The quantitative estimate of drug-likeness (QED) is 0.362. The molecule has 1 aliphatic rings. The van der Waals surface area contributed by atoms with Crippen LogP contribution in [0.1, 0.15) is 42.5 Å². The number of likely N-dealkylation sites (tertiary alicyclic amines) is 1. The topological polar surface area (TPSA) is 63.9 Å². The second-order valence-electron chi connectivity index (χ2n) is 9.06. The minimum Gasteiger partial charge on any atom is -0.343 e. The number of rotatable bonds is 5. The Labute approximate surface area is 206 Å². The van der Waals surface area contributed by atoms with Gasteiger partial charge in [0.25, 0.3) is 0 Å². The summed E-state index contributed by atoms with van der Waals surface area (Å²) in [6.45, 7) is 3.42. The van der Waals surface area contributed by atoms with Crippen molar-refractivity contribution < 1.29 is 18.0 Å². The van der Waals surface area contributed by atoms with E-state index in [-0.39, 0.29) is 11.8 Å². The van der Waals surface area contributed by atoms with Crippen molar-refractivity contribution in [2.45, 2.75) is 44.8 Å². The van der Waals surface area contributed by atoms with E-state index < -0.39 is 12.0 Å². The highest BCUT2D eigenvalue weighted by Crippen LogP contribution is 2.36. The molecule has 5 rings (SSSR count). The van der Waals surface area contributed by atoms with E-state index in [1.54, 1.807) is 4.90 Å². The minimum atomic E-state index is -4.61. The maximum Gasteiger partial charge on any atom is 0.451 e. The number of carbonyl (C=O) groups excluding carboxylic acids is 1. The molecule has 2 aromatic heterocycles. The van der Waals surface area contributed by atoms with Gasteiger partial charge in [0.15, 0.2) is 0 Å². The van der Waals surface area contributed by atoms with Crippen LogP contribution in [0.4, 0.5) is 13.2 Å². The molecule has 0 spiro atoms. The smallest absolute Gasteiger partial charge is 0.343 e. The van der Waals surface area contributed by atoms with Crippen LogP contribution >= 0.6 is 0 Å². The van der Waals surface area contributed by atoms with Gasteiger partial charge in [-0.3, -0.25) is 4.79 Å². The van der Waals surface area contributed by atoms with E-state index in [1.165, 1.54) is 6.20 Å². The number of halogens is 3. The molecule has 0 unspecified atom stereocenters. The summed E-state index contributed by atoms with van der Waals surface area (Å²) in [5.74, 6) is -0.417. The Hall–Kier alpha value is -3.75. The van der Waals surface area contributed by atoms with Gasteiger partial charge in [-0.1, -0.05) is 42.5 Å². The van der Waals surface area contributed by atoms with Gasteiger partial charge in [0.2, 0.25) is 11.7 Å². The molecule has 36 heavy (non-hydrogen) atoms. The molecule has 0 N–H and O–H groups in total. The molecule has 0 radical (unpaired) electrons. The lowest BCUT2D eigenvalue weighted by atomic mass is 9.88. The maximum absolute atomic E-state index is 13.4. The normalized spacial score (nSPS) is 14.9. The lowest BCUT2D eigenvalue weighted by Crippen LogP contribution is -2.38. The Balaban J connectivity index is 1.29. The number of amides is 1. The highest BCUT2D eigenvalue weighted by Gasteiger charge is 2.36. The summed E-state index contributed by atoms with van der Waals surface area (Å²) in [6, 6.07) is 17.0. The van der Waals surface area contributed by atoms with Gasteiger partial charge in [-0.05, 0) is 37.5 Å². The second kappa shape index (κ2) is 9.72. The zero-order valence-corrected chi connectivity index (χ0v) is 19.9. The number of alkyl halides is 3. The van der Waals surface area contributed by atoms with Crippen LogP contribution in [-0.4, -0.2) is 43.4 Å². The van der Waals surface area contributed by atoms with Crippen LogP contribution < -0.4 is 0 Å². The van der Waals surface area contributed by atoms with Gasteiger partial charge in [0.1, 0.15) is 5.82 Å². The van der Waals surface area contributed by atoms with Crippen molar-refractivity contribution in [1.82, 2.24) is 24.4 Å². The van der Waals surface area contributed by atoms with Crippen LogP contribution in [0.25, 0.3) is 22.2 Å². The number of piperidine rings is 1. The van der Waals surface area contributed by atoms with Gasteiger partial charge in [0, 0.05) is 43.7 Å². The fourth-order valence-electron chi connectivity index (χ4n) is 4.93. The van der Waals surface area contributed by atoms with Crippen molar-refractivity contribution in [3.8, 4) is 11.1 Å². The third-order valence-corrected chi connectivity index (χ3v) is 6.79. The van der Waals surface area contributed by atoms with Crippen molar-refractivity contribution in [3.63, 3.8) is 0 Å². The van der Waals surface area contributed by atoms with Gasteiger partial charge in [-0.2, -0.15) is 13.2 Å². The SMILES string of the molecule is Cc1nc2ccccc2n1CCC(=O)N1CCC(c2nc(C(F)(F)F)ncc2-c2ccccc2)CC1. The molecule has 1 aliphatic heterocycles. The number of imidazole rings is 1. The summed E-state index contributed by atoms with van der Waals surface area (Å²) in [6.07, 6.45) is -1.90. The van der Waals surface area contributed by atoms with Crippen molar-refractivity contribution in [3.05, 3.63) is 78.1 Å². The zero-order chi connectivity index (χ0) is 25.3. The summed E-state index contributed by atoms with van der Waals surface area (Å²) in [4.78, 5) is 26.9. The highest BCUT2D eigenvalue weighted by atomic mass is 19.4. The fraction of sp³-hybridized carbons (Fsp3) is 0.333. The van der Waals surface area contributed by atoms with Gasteiger partial charge >= 0.3 is 6.18 Å². The van der Waals surface area contributed by atoms with Crippen molar-refractivity contribution in [2.75, 3.05) is 13.1 Å². The molecule has 3 heterocycles. The van der Waals surface area contributed by atoms with Crippen molar-refractivity contribution in [2.24, 2.45) is 0 Å². The summed E-state index contributed by atoms with van der Waals surface area (Å²) in [5, 5.41) is 0. The number of para-hydroxylation sites is 2. The number of hydrogen-bond donors (Lipinski definition) is 0. The van der Waals surface area contributed by atoms with E-state index in [2.05, 4.69) is 15.0 Å². The first-order valence-electron chi connectivity index (χ1n) is 12.0. The lowest BCUT2D eigenvalue weighted by molar-refractivity contribution is -0.145. The van der Waals surface area contributed by atoms with E-state index in [0.717, 1.165) is 22.4 Å². The standard InChI is InChI=1S/C27H26F3N5O/c1-18-32-22-9-5-6-10-23(22)35(18)16-13-24(36)34-14-11-20(12-15-34)25-21(19-7-3-2-4-8-19)17-31-26(33-25)27(28,29)30/h2-10,17,20H,11-16H2,1H3. The average Bonchev–Trinajstić information content (AvgIpc) is 3.21. The Kier molecular flexibility index (Phi) is 6.47. The van der Waals surface area contributed by atoms with Crippen LogP contribution in [0.15, 0.2) is 60.8 Å². The monoisotopic (exact) mass is 493 g/mol. The van der Waals surface area contributed by atoms with Crippen LogP contribution in [0, 0.1) is 6.92 Å². The molecule has 6 nitrogen and oxygen atoms in total. The first kappa shape index (κ1) is 24.0. The molecule has 1 fully saturated rings. The number of aryl methyl sites for hydroxylation is 2. The van der Waals surface area contributed by atoms with Gasteiger partial charge in [0.05, 0.1) is 16.7 Å². The van der Waals surface area contributed by atoms with E-state index in [0.29, 0.717) is 50.2 Å². The first-order valence-corrected chi connectivity index (χ1v) is 12.0. The zero-order valence-electron chi connectivity index (χ0n) is 19.9. The number of hydrogen-bond acceptors (Lipinski definition) is 4. The summed E-state index contributed by atoms with van der Waals surface area (Å²) in [5.41, 5.74) is 3.69. The van der Waals surface area contributed by atoms with Gasteiger partial charge in [-0.15, -0.1) is 0 Å². The molecule has 4 aromatic rings. The first-order chi connectivity index (χ1) is 17.3. The largest absolute Gasteiger partial charge is 0.451 e. The number of nitrogens with zero attached hydrogens (tertiary/aromatic N) is 5. The summed E-state index contributed by atoms with van der Waals surface area (Å²) >= 11 is 0. The molecule has 1 amide bonds. The Morgan fingerprint density at radius 1 is 1.00 bits per heavy atom. The van der Waals surface area contributed by atoms with E-state index >= 15 is 0 Å². The second-order valence-corrected chi connectivity index (χ2v) is 9.06. The average molecular weight is 494 g/mol. The number of aromatic nitrogens is 4. The van der Waals surface area contributed by atoms with Crippen LogP contribution in [0.5, 0.6) is 0 Å². The fourth-order valence-corrected chi connectivity index (χ4v) is 4.93. The molecule has 2 aromatic carbocycles. The van der Waals surface area contributed by atoms with Crippen LogP contribution in [-0.2, 0) is 17.5 Å².